The van der Waals surface area contributed by atoms with Crippen molar-refractivity contribution in [1.29, 1.82) is 0 Å². The zero-order valence-electron chi connectivity index (χ0n) is 11.7. The second kappa shape index (κ2) is 5.28. The van der Waals surface area contributed by atoms with Crippen LogP contribution in [0.3, 0.4) is 0 Å². The molecule has 0 radical (unpaired) electrons. The SMILES string of the molecule is CCN(Cc1cccc(N)c1)c1cc2n[nH]c(=O)n2cn1. The number of aromatic amines is 1. The second-order valence-electron chi connectivity index (χ2n) is 4.76. The summed E-state index contributed by atoms with van der Waals surface area (Å²) in [5.41, 5.74) is 7.92. The fraction of sp³-hybridized carbons (Fsp3) is 0.214. The number of aromatic nitrogens is 4. The van der Waals surface area contributed by atoms with Gasteiger partial charge in [0.25, 0.3) is 0 Å². The molecule has 7 nitrogen and oxygen atoms in total. The Balaban J connectivity index is 1.92. The lowest BCUT2D eigenvalue weighted by molar-refractivity contribution is 0.808. The zero-order valence-corrected chi connectivity index (χ0v) is 11.7. The third kappa shape index (κ3) is 2.58. The molecule has 0 amide bonds. The number of hydrogen-bond donors (Lipinski definition) is 2. The third-order valence-corrected chi connectivity index (χ3v) is 3.33. The number of fused-ring (bicyclic) bond motifs is 1. The Morgan fingerprint density at radius 2 is 2.24 bits per heavy atom. The summed E-state index contributed by atoms with van der Waals surface area (Å²) in [5, 5.41) is 6.36. The van der Waals surface area contributed by atoms with Crippen LogP contribution >= 0.6 is 0 Å². The van der Waals surface area contributed by atoms with Crippen molar-refractivity contribution in [2.24, 2.45) is 0 Å². The van der Waals surface area contributed by atoms with Gasteiger partial charge < -0.3 is 10.6 Å². The monoisotopic (exact) mass is 284 g/mol. The van der Waals surface area contributed by atoms with Crippen molar-refractivity contribution < 1.29 is 0 Å². The van der Waals surface area contributed by atoms with Gasteiger partial charge in [-0.3, -0.25) is 0 Å². The molecule has 108 valence electrons. The molecule has 2 heterocycles. The minimum absolute atomic E-state index is 0.289. The molecule has 0 aliphatic heterocycles. The first kappa shape index (κ1) is 13.2. The molecule has 0 aliphatic rings. The summed E-state index contributed by atoms with van der Waals surface area (Å²) in [6.45, 7) is 3.53. The van der Waals surface area contributed by atoms with Crippen LogP contribution in [0.5, 0.6) is 0 Å². The summed E-state index contributed by atoms with van der Waals surface area (Å²) in [6, 6.07) is 9.55. The average Bonchev–Trinajstić information content (AvgIpc) is 2.86. The van der Waals surface area contributed by atoms with Gasteiger partial charge in [-0.25, -0.2) is 19.3 Å². The van der Waals surface area contributed by atoms with Gasteiger partial charge in [-0.2, -0.15) is 5.10 Å². The summed E-state index contributed by atoms with van der Waals surface area (Å²) in [7, 11) is 0. The van der Waals surface area contributed by atoms with Crippen LogP contribution in [-0.4, -0.2) is 26.1 Å². The fourth-order valence-electron chi connectivity index (χ4n) is 2.24. The Hall–Kier alpha value is -2.83. The van der Waals surface area contributed by atoms with Crippen molar-refractivity contribution in [1.82, 2.24) is 19.6 Å². The molecule has 1 aromatic carbocycles. The van der Waals surface area contributed by atoms with Crippen molar-refractivity contribution in [3.63, 3.8) is 0 Å². The first-order valence-electron chi connectivity index (χ1n) is 6.69. The largest absolute Gasteiger partial charge is 0.399 e. The number of nitrogens with zero attached hydrogens (tertiary/aromatic N) is 4. The molecule has 0 fully saturated rings. The Kier molecular flexibility index (Phi) is 3.31. The van der Waals surface area contributed by atoms with Gasteiger partial charge in [-0.1, -0.05) is 12.1 Å². The molecule has 0 unspecified atom stereocenters. The molecule has 3 N–H and O–H groups in total. The molecule has 0 saturated carbocycles. The van der Waals surface area contributed by atoms with E-state index in [2.05, 4.69) is 27.0 Å². The van der Waals surface area contributed by atoms with Crippen LogP contribution < -0.4 is 16.3 Å². The number of nitrogens with one attached hydrogen (secondary N) is 1. The molecule has 21 heavy (non-hydrogen) atoms. The maximum Gasteiger partial charge on any atom is 0.348 e. The standard InChI is InChI=1S/C14H16N6O/c1-2-19(8-10-4-3-5-11(15)6-10)12-7-13-17-18-14(21)20(13)9-16-12/h3-7,9H,2,8,15H2,1H3,(H,18,21). The van der Waals surface area contributed by atoms with Crippen LogP contribution in [0.25, 0.3) is 5.65 Å². The molecule has 2 aromatic heterocycles. The van der Waals surface area contributed by atoms with Gasteiger partial charge in [0.15, 0.2) is 5.65 Å². The van der Waals surface area contributed by atoms with E-state index < -0.39 is 0 Å². The van der Waals surface area contributed by atoms with Crippen LogP contribution in [0.1, 0.15) is 12.5 Å². The summed E-state index contributed by atoms with van der Waals surface area (Å²) in [5.74, 6) is 0.770. The smallest absolute Gasteiger partial charge is 0.348 e. The topological polar surface area (TPSA) is 92.3 Å². The Labute approximate surface area is 121 Å². The van der Waals surface area contributed by atoms with E-state index in [-0.39, 0.29) is 5.69 Å². The summed E-state index contributed by atoms with van der Waals surface area (Å²) in [6.07, 6.45) is 1.48. The number of H-pyrrole nitrogens is 1. The molecule has 0 aliphatic carbocycles. The van der Waals surface area contributed by atoms with Gasteiger partial charge >= 0.3 is 5.69 Å². The number of benzene rings is 1. The van der Waals surface area contributed by atoms with Gasteiger partial charge in [0.2, 0.25) is 0 Å². The second-order valence-corrected chi connectivity index (χ2v) is 4.76. The predicted octanol–water partition coefficient (Wildman–Crippen LogP) is 1.03. The zero-order chi connectivity index (χ0) is 14.8. The predicted molar refractivity (Wildman–Crippen MR) is 81.2 cm³/mol. The van der Waals surface area contributed by atoms with Crippen molar-refractivity contribution in [2.45, 2.75) is 13.5 Å². The first-order chi connectivity index (χ1) is 10.2. The molecular weight excluding hydrogens is 268 g/mol. The molecule has 0 bridgehead atoms. The highest BCUT2D eigenvalue weighted by molar-refractivity contribution is 5.51. The number of nitrogen functional groups attached to an aromatic ring is 1. The lowest BCUT2D eigenvalue weighted by Crippen LogP contribution is -2.23. The van der Waals surface area contributed by atoms with Gasteiger partial charge in [0, 0.05) is 24.8 Å². The van der Waals surface area contributed by atoms with Crippen LogP contribution in [0, 0.1) is 0 Å². The maximum atomic E-state index is 11.4. The van der Waals surface area contributed by atoms with Crippen LogP contribution in [0.15, 0.2) is 41.5 Å². The van der Waals surface area contributed by atoms with E-state index in [9.17, 15) is 4.79 Å². The van der Waals surface area contributed by atoms with E-state index in [1.165, 1.54) is 10.7 Å². The third-order valence-electron chi connectivity index (χ3n) is 3.33. The fourth-order valence-corrected chi connectivity index (χ4v) is 2.24. The normalized spacial score (nSPS) is 10.9. The molecule has 0 saturated heterocycles. The summed E-state index contributed by atoms with van der Waals surface area (Å²) in [4.78, 5) is 17.9. The molecular formula is C14H16N6O. The average molecular weight is 284 g/mol. The quantitative estimate of drug-likeness (QED) is 0.698. The van der Waals surface area contributed by atoms with Crippen LogP contribution in [0.4, 0.5) is 11.5 Å². The van der Waals surface area contributed by atoms with Gasteiger partial charge in [-0.05, 0) is 24.6 Å². The summed E-state index contributed by atoms with van der Waals surface area (Å²) >= 11 is 0. The van der Waals surface area contributed by atoms with E-state index in [0.717, 1.165) is 23.6 Å². The number of anilines is 2. The lowest BCUT2D eigenvalue weighted by Gasteiger charge is -2.22. The first-order valence-corrected chi connectivity index (χ1v) is 6.69. The molecule has 7 heteroatoms. The van der Waals surface area contributed by atoms with E-state index in [0.29, 0.717) is 12.2 Å². The van der Waals surface area contributed by atoms with E-state index in [4.69, 9.17) is 5.73 Å². The number of hydrogen-bond acceptors (Lipinski definition) is 5. The Bertz CT molecular complexity index is 821. The highest BCUT2D eigenvalue weighted by Crippen LogP contribution is 2.16. The molecule has 3 rings (SSSR count). The molecule has 0 atom stereocenters. The highest BCUT2D eigenvalue weighted by Gasteiger charge is 2.09. The lowest BCUT2D eigenvalue weighted by atomic mass is 10.2. The van der Waals surface area contributed by atoms with Crippen molar-refractivity contribution in [2.75, 3.05) is 17.2 Å². The van der Waals surface area contributed by atoms with Gasteiger partial charge in [0.05, 0.1) is 0 Å². The Morgan fingerprint density at radius 1 is 1.38 bits per heavy atom. The van der Waals surface area contributed by atoms with Crippen LogP contribution in [0.2, 0.25) is 0 Å². The minimum Gasteiger partial charge on any atom is -0.399 e. The number of nitrogens with two attached hydrogens (primary N) is 1. The summed E-state index contributed by atoms with van der Waals surface area (Å²) < 4.78 is 1.37. The van der Waals surface area contributed by atoms with Gasteiger partial charge in [-0.15, -0.1) is 0 Å². The van der Waals surface area contributed by atoms with E-state index in [1.54, 1.807) is 6.07 Å². The van der Waals surface area contributed by atoms with Gasteiger partial charge in [0.1, 0.15) is 12.1 Å². The van der Waals surface area contributed by atoms with Crippen molar-refractivity contribution >= 4 is 17.2 Å². The molecule has 0 spiro atoms. The Morgan fingerprint density at radius 3 is 3.00 bits per heavy atom. The van der Waals surface area contributed by atoms with Crippen LogP contribution in [-0.2, 0) is 6.54 Å². The van der Waals surface area contributed by atoms with Crippen molar-refractivity contribution in [3.05, 3.63) is 52.7 Å². The van der Waals surface area contributed by atoms with E-state index in [1.807, 2.05) is 24.3 Å². The van der Waals surface area contributed by atoms with E-state index >= 15 is 0 Å². The highest BCUT2D eigenvalue weighted by atomic mass is 16.1. The number of rotatable bonds is 4. The maximum absolute atomic E-state index is 11.4. The van der Waals surface area contributed by atoms with Crippen molar-refractivity contribution in [3.8, 4) is 0 Å². The minimum atomic E-state index is -0.289. The molecule has 3 aromatic rings.